The first-order valence-corrected chi connectivity index (χ1v) is 7.43. The van der Waals surface area contributed by atoms with Crippen LogP contribution in [0.25, 0.3) is 0 Å². The highest BCUT2D eigenvalue weighted by Gasteiger charge is 2.09. The summed E-state index contributed by atoms with van der Waals surface area (Å²) in [5.41, 5.74) is 7.02. The molecule has 4 heteroatoms. The summed E-state index contributed by atoms with van der Waals surface area (Å²) in [5.74, 6) is 0.0102. The number of amides is 1. The maximum atomic E-state index is 11.6. The van der Waals surface area contributed by atoms with E-state index < -0.39 is 6.10 Å². The molecule has 0 saturated heterocycles. The fraction of sp³-hybridized carbons (Fsp3) is 0.562. The van der Waals surface area contributed by atoms with Crippen molar-refractivity contribution in [3.63, 3.8) is 0 Å². The van der Waals surface area contributed by atoms with Gasteiger partial charge in [0.05, 0.1) is 6.10 Å². The van der Waals surface area contributed by atoms with Gasteiger partial charge in [-0.3, -0.25) is 4.79 Å². The van der Waals surface area contributed by atoms with Crippen LogP contribution < -0.4 is 11.1 Å². The van der Waals surface area contributed by atoms with Crippen LogP contribution in [-0.4, -0.2) is 17.6 Å². The molecule has 0 radical (unpaired) electrons. The van der Waals surface area contributed by atoms with Crippen LogP contribution in [0.5, 0.6) is 0 Å². The Kier molecular flexibility index (Phi) is 7.73. The van der Waals surface area contributed by atoms with Gasteiger partial charge in [0, 0.05) is 18.7 Å². The highest BCUT2D eigenvalue weighted by atomic mass is 16.3. The molecule has 0 fully saturated rings. The van der Waals surface area contributed by atoms with Gasteiger partial charge < -0.3 is 16.2 Å². The van der Waals surface area contributed by atoms with E-state index in [0.717, 1.165) is 18.4 Å². The summed E-state index contributed by atoms with van der Waals surface area (Å²) in [5, 5.41) is 12.7. The minimum atomic E-state index is -0.681. The minimum absolute atomic E-state index is 0.0102. The predicted octanol–water partition coefficient (Wildman–Crippen LogP) is 2.78. The quantitative estimate of drug-likeness (QED) is 0.480. The summed E-state index contributed by atoms with van der Waals surface area (Å²) in [6.45, 7) is 2.42. The summed E-state index contributed by atoms with van der Waals surface area (Å²) in [6, 6.07) is 7.04. The number of benzene rings is 1. The highest BCUT2D eigenvalue weighted by Crippen LogP contribution is 2.14. The third-order valence-electron chi connectivity index (χ3n) is 3.32. The fourth-order valence-corrected chi connectivity index (χ4v) is 2.02. The van der Waals surface area contributed by atoms with Crippen LogP contribution in [0.15, 0.2) is 24.3 Å². The number of hydrogen-bond donors (Lipinski definition) is 3. The van der Waals surface area contributed by atoms with Crippen molar-refractivity contribution < 1.29 is 9.90 Å². The van der Waals surface area contributed by atoms with Gasteiger partial charge in [-0.25, -0.2) is 0 Å². The fourth-order valence-electron chi connectivity index (χ4n) is 2.02. The summed E-state index contributed by atoms with van der Waals surface area (Å²) in [4.78, 5) is 11.6. The van der Waals surface area contributed by atoms with E-state index in [1.54, 1.807) is 24.3 Å². The van der Waals surface area contributed by atoms with Crippen LogP contribution in [0.3, 0.4) is 0 Å². The zero-order chi connectivity index (χ0) is 14.8. The lowest BCUT2D eigenvalue weighted by Crippen LogP contribution is -2.28. The second kappa shape index (κ2) is 9.37. The van der Waals surface area contributed by atoms with Crippen molar-refractivity contribution in [2.75, 3.05) is 12.3 Å². The average molecular weight is 278 g/mol. The maximum Gasteiger partial charge on any atom is 0.220 e. The van der Waals surface area contributed by atoms with Gasteiger partial charge in [0.15, 0.2) is 0 Å². The zero-order valence-corrected chi connectivity index (χ0v) is 12.3. The lowest BCUT2D eigenvalue weighted by Gasteiger charge is -2.12. The van der Waals surface area contributed by atoms with E-state index in [-0.39, 0.29) is 12.5 Å². The summed E-state index contributed by atoms with van der Waals surface area (Å²) in [6.07, 6.45) is 5.51. The van der Waals surface area contributed by atoms with Gasteiger partial charge in [-0.1, -0.05) is 44.7 Å². The van der Waals surface area contributed by atoms with E-state index in [0.29, 0.717) is 12.1 Å². The zero-order valence-electron chi connectivity index (χ0n) is 12.3. The number of rotatable bonds is 9. The molecule has 0 bridgehead atoms. The van der Waals surface area contributed by atoms with E-state index in [2.05, 4.69) is 12.2 Å². The topological polar surface area (TPSA) is 75.3 Å². The Labute approximate surface area is 121 Å². The number of aliphatic hydroxyl groups excluding tert-OH is 1. The summed E-state index contributed by atoms with van der Waals surface area (Å²) in [7, 11) is 0. The molecule has 0 spiro atoms. The number of nitrogens with two attached hydrogens (primary N) is 1. The lowest BCUT2D eigenvalue weighted by molar-refractivity contribution is -0.121. The maximum absolute atomic E-state index is 11.6. The highest BCUT2D eigenvalue weighted by molar-refractivity contribution is 5.75. The van der Waals surface area contributed by atoms with Gasteiger partial charge in [-0.05, 0) is 24.1 Å². The molecule has 1 atom stereocenters. The van der Waals surface area contributed by atoms with Crippen molar-refractivity contribution in [2.45, 2.75) is 51.6 Å². The largest absolute Gasteiger partial charge is 0.399 e. The summed E-state index contributed by atoms with van der Waals surface area (Å²) < 4.78 is 0. The third kappa shape index (κ3) is 6.57. The van der Waals surface area contributed by atoms with Crippen LogP contribution in [0, 0.1) is 0 Å². The van der Waals surface area contributed by atoms with Crippen molar-refractivity contribution in [3.05, 3.63) is 29.8 Å². The molecule has 20 heavy (non-hydrogen) atoms. The van der Waals surface area contributed by atoms with E-state index in [1.807, 2.05) is 0 Å². The van der Waals surface area contributed by atoms with Crippen LogP contribution >= 0.6 is 0 Å². The van der Waals surface area contributed by atoms with Crippen LogP contribution in [0.1, 0.15) is 57.1 Å². The molecule has 4 nitrogen and oxygen atoms in total. The van der Waals surface area contributed by atoms with E-state index in [9.17, 15) is 9.90 Å². The molecule has 1 aromatic carbocycles. The van der Waals surface area contributed by atoms with Gasteiger partial charge in [-0.15, -0.1) is 0 Å². The van der Waals surface area contributed by atoms with E-state index >= 15 is 0 Å². The molecule has 0 saturated carbocycles. The predicted molar refractivity (Wildman–Crippen MR) is 82.2 cm³/mol. The van der Waals surface area contributed by atoms with Crippen molar-refractivity contribution in [3.8, 4) is 0 Å². The first-order valence-electron chi connectivity index (χ1n) is 7.43. The molecule has 0 aliphatic carbocycles. The number of hydrogen-bond acceptors (Lipinski definition) is 3. The molecular weight excluding hydrogens is 252 g/mol. The van der Waals surface area contributed by atoms with Gasteiger partial charge in [-0.2, -0.15) is 0 Å². The molecule has 0 aliphatic rings. The van der Waals surface area contributed by atoms with Crippen molar-refractivity contribution in [1.29, 1.82) is 0 Å². The molecular formula is C16H26N2O2. The second-order valence-corrected chi connectivity index (χ2v) is 5.15. The molecule has 112 valence electrons. The second-order valence-electron chi connectivity index (χ2n) is 5.15. The van der Waals surface area contributed by atoms with Gasteiger partial charge in [0.25, 0.3) is 0 Å². The molecule has 1 rings (SSSR count). The normalized spacial score (nSPS) is 12.1. The third-order valence-corrected chi connectivity index (χ3v) is 3.32. The number of nitrogens with one attached hydrogen (secondary N) is 1. The monoisotopic (exact) mass is 278 g/mol. The average Bonchev–Trinajstić information content (AvgIpc) is 2.45. The van der Waals surface area contributed by atoms with Crippen molar-refractivity contribution >= 4 is 11.6 Å². The first kappa shape index (κ1) is 16.5. The first-order chi connectivity index (χ1) is 9.63. The van der Waals surface area contributed by atoms with E-state index in [4.69, 9.17) is 5.73 Å². The smallest absolute Gasteiger partial charge is 0.220 e. The van der Waals surface area contributed by atoms with Crippen LogP contribution in [-0.2, 0) is 4.79 Å². The molecule has 1 unspecified atom stereocenters. The van der Waals surface area contributed by atoms with E-state index in [1.165, 1.54) is 19.3 Å². The Morgan fingerprint density at radius 3 is 2.50 bits per heavy atom. The number of carbonyl (C=O) groups excluding carboxylic acids is 1. The molecule has 1 aromatic rings. The van der Waals surface area contributed by atoms with Gasteiger partial charge in [0.2, 0.25) is 5.91 Å². The lowest BCUT2D eigenvalue weighted by atomic mass is 10.1. The van der Waals surface area contributed by atoms with Crippen LogP contribution in [0.2, 0.25) is 0 Å². The minimum Gasteiger partial charge on any atom is -0.399 e. The SMILES string of the molecule is CCCCCCCC(=O)NCC(O)c1ccc(N)cc1. The van der Waals surface area contributed by atoms with Crippen molar-refractivity contribution in [2.24, 2.45) is 0 Å². The van der Waals surface area contributed by atoms with Gasteiger partial charge in [0.1, 0.15) is 0 Å². The Balaban J connectivity index is 2.18. The molecule has 0 aromatic heterocycles. The Morgan fingerprint density at radius 2 is 1.85 bits per heavy atom. The Bertz CT molecular complexity index is 390. The standard InChI is InChI=1S/C16H26N2O2/c1-2-3-4-5-6-7-16(20)18-12-15(19)13-8-10-14(17)11-9-13/h8-11,15,19H,2-7,12,17H2,1H3,(H,18,20). The molecule has 0 aliphatic heterocycles. The summed E-state index contributed by atoms with van der Waals surface area (Å²) >= 11 is 0. The van der Waals surface area contributed by atoms with Crippen molar-refractivity contribution in [1.82, 2.24) is 5.32 Å². The number of carbonyl (C=O) groups is 1. The molecule has 1 amide bonds. The molecule has 4 N–H and O–H groups in total. The number of aliphatic hydroxyl groups is 1. The molecule has 0 heterocycles. The van der Waals surface area contributed by atoms with Gasteiger partial charge >= 0.3 is 0 Å². The Morgan fingerprint density at radius 1 is 1.20 bits per heavy atom. The number of unbranched alkanes of at least 4 members (excludes halogenated alkanes) is 4. The van der Waals surface area contributed by atoms with Crippen LogP contribution in [0.4, 0.5) is 5.69 Å². The number of anilines is 1. The Hall–Kier alpha value is -1.55. The number of nitrogen functional groups attached to an aromatic ring is 1.